The Morgan fingerprint density at radius 2 is 0.980 bits per heavy atom. The highest BCUT2D eigenvalue weighted by atomic mass is 32.2. The van der Waals surface area contributed by atoms with E-state index in [4.69, 9.17) is 5.73 Å². The quantitative estimate of drug-likeness (QED) is 0.150. The summed E-state index contributed by atoms with van der Waals surface area (Å²) in [6.07, 6.45) is 0. The van der Waals surface area contributed by atoms with Gasteiger partial charge in [-0.05, 0) is 56.1 Å². The summed E-state index contributed by atoms with van der Waals surface area (Å²) in [5.41, 5.74) is 9.07. The first-order valence-corrected chi connectivity index (χ1v) is 19.7. The molecule has 6 rings (SSSR count). The van der Waals surface area contributed by atoms with E-state index >= 15 is 0 Å². The highest BCUT2D eigenvalue weighted by Gasteiger charge is 2.29. The number of likely N-dealkylation sites (N-methyl/N-ethyl adjacent to an activating group) is 2. The second kappa shape index (κ2) is 16.0. The average molecular weight is 721 g/mol. The molecule has 0 atom stereocenters. The fourth-order valence-corrected chi connectivity index (χ4v) is 8.87. The molecule has 50 heavy (non-hydrogen) atoms. The van der Waals surface area contributed by atoms with Gasteiger partial charge in [-0.2, -0.15) is 0 Å². The van der Waals surface area contributed by atoms with Crippen molar-refractivity contribution in [2.24, 2.45) is 0 Å². The van der Waals surface area contributed by atoms with Crippen LogP contribution in [0.5, 0.6) is 0 Å². The fraction of sp³-hybridized carbons (Fsp3) is 0.333. The van der Waals surface area contributed by atoms with Crippen molar-refractivity contribution < 1.29 is 21.8 Å². The third-order valence-electron chi connectivity index (χ3n) is 9.04. The number of nitro groups is 1. The van der Waals surface area contributed by atoms with Gasteiger partial charge in [0.2, 0.25) is 0 Å². The third-order valence-corrected chi connectivity index (χ3v) is 12.4. The largest absolute Gasteiger partial charge is 0.397 e. The van der Waals surface area contributed by atoms with Crippen LogP contribution in [0, 0.1) is 10.1 Å². The first-order chi connectivity index (χ1) is 23.9. The number of anilines is 3. The van der Waals surface area contributed by atoms with E-state index in [9.17, 15) is 26.9 Å². The molecule has 2 aliphatic rings. The maximum Gasteiger partial charge on any atom is 0.296 e. The molecule has 2 heterocycles. The molecule has 0 radical (unpaired) electrons. The summed E-state index contributed by atoms with van der Waals surface area (Å²) in [7, 11) is -2.95. The number of sulfone groups is 2. The first kappa shape index (κ1) is 36.8. The predicted octanol–water partition coefficient (Wildman–Crippen LogP) is 4.32. The fourth-order valence-electron chi connectivity index (χ4n) is 6.09. The Bertz CT molecular complexity index is 1980. The van der Waals surface area contributed by atoms with Gasteiger partial charge in [-0.3, -0.25) is 10.1 Å². The molecular weight excluding hydrogens is 677 g/mol. The summed E-state index contributed by atoms with van der Waals surface area (Å²) in [6, 6.07) is 27.1. The van der Waals surface area contributed by atoms with Crippen LogP contribution in [-0.4, -0.2) is 98.0 Å². The molecule has 2 saturated heterocycles. The van der Waals surface area contributed by atoms with Gasteiger partial charge in [-0.1, -0.05) is 60.7 Å². The molecule has 2 fully saturated rings. The lowest BCUT2D eigenvalue weighted by Crippen LogP contribution is -2.44. The van der Waals surface area contributed by atoms with Gasteiger partial charge in [-0.15, -0.1) is 0 Å². The summed E-state index contributed by atoms with van der Waals surface area (Å²) in [5.74, 6) is -0.473. The van der Waals surface area contributed by atoms with E-state index in [1.165, 1.54) is 18.2 Å². The topological polar surface area (TPSA) is 150 Å². The Balaban J connectivity index is 0.000000195. The zero-order valence-corrected chi connectivity index (χ0v) is 30.0. The van der Waals surface area contributed by atoms with Crippen molar-refractivity contribution in [1.29, 1.82) is 0 Å². The number of benzene rings is 4. The van der Waals surface area contributed by atoms with Crippen LogP contribution in [0.1, 0.15) is 11.1 Å². The standard InChI is InChI=1S/C18H21N3O4S.C18H23N3O2S/c1-19-10-12-20(13-11-19)17-9-5-6-15(18(17)21(22)23)14-26(24,25)16-7-3-2-4-8-16;1-20-10-12-21(13-11-20)17-9-5-6-15(18(17)19)14-24(22,23)16-7-3-2-4-8-16/h2-9H,10-14H2,1H3;2-9H,10-14,19H2,1H3. The van der Waals surface area contributed by atoms with Crippen LogP contribution in [0.2, 0.25) is 0 Å². The predicted molar refractivity (Wildman–Crippen MR) is 198 cm³/mol. The molecule has 12 nitrogen and oxygen atoms in total. The van der Waals surface area contributed by atoms with Gasteiger partial charge in [0.05, 0.1) is 37.6 Å². The first-order valence-electron chi connectivity index (χ1n) is 16.4. The molecule has 266 valence electrons. The van der Waals surface area contributed by atoms with Gasteiger partial charge >= 0.3 is 0 Å². The Hall–Kier alpha value is -4.50. The van der Waals surface area contributed by atoms with Gasteiger partial charge < -0.3 is 25.3 Å². The van der Waals surface area contributed by atoms with Gasteiger partial charge in [0.15, 0.2) is 19.7 Å². The number of hydrogen-bond donors (Lipinski definition) is 1. The van der Waals surface area contributed by atoms with Crippen LogP contribution in [-0.2, 0) is 31.2 Å². The lowest BCUT2D eigenvalue weighted by molar-refractivity contribution is -0.384. The van der Waals surface area contributed by atoms with Gasteiger partial charge in [0.1, 0.15) is 5.69 Å². The minimum absolute atomic E-state index is 0.0789. The molecule has 0 amide bonds. The number of nitrogens with zero attached hydrogens (tertiary/aromatic N) is 5. The summed E-state index contributed by atoms with van der Waals surface area (Å²) in [4.78, 5) is 20.4. The number of nitrogens with two attached hydrogens (primary N) is 1. The molecule has 0 bridgehead atoms. The summed E-state index contributed by atoms with van der Waals surface area (Å²) >= 11 is 0. The molecule has 0 aliphatic carbocycles. The van der Waals surface area contributed by atoms with E-state index in [1.807, 2.05) is 24.1 Å². The highest BCUT2D eigenvalue weighted by molar-refractivity contribution is 7.91. The Labute approximate surface area is 294 Å². The number of nitro benzene ring substituents is 1. The molecular formula is C36H44N6O6S2. The van der Waals surface area contributed by atoms with E-state index < -0.39 is 30.4 Å². The normalized spacial score (nSPS) is 16.0. The SMILES string of the molecule is CN1CCN(c2cccc(CS(=O)(=O)c3ccccc3)c2N)CC1.CN1CCN(c2cccc(CS(=O)(=O)c3ccccc3)c2[N+](=O)[O-])CC1. The van der Waals surface area contributed by atoms with Gasteiger partial charge in [-0.25, -0.2) is 16.8 Å². The molecule has 2 N–H and O–H groups in total. The third kappa shape index (κ3) is 8.99. The van der Waals surface area contributed by atoms with E-state index in [1.54, 1.807) is 66.7 Å². The number of para-hydroxylation sites is 2. The molecule has 0 spiro atoms. The van der Waals surface area contributed by atoms with Crippen LogP contribution < -0.4 is 15.5 Å². The minimum Gasteiger partial charge on any atom is -0.397 e. The molecule has 0 unspecified atom stereocenters. The zero-order chi connectivity index (χ0) is 35.9. The zero-order valence-electron chi connectivity index (χ0n) is 28.4. The van der Waals surface area contributed by atoms with Crippen LogP contribution in [0.3, 0.4) is 0 Å². The number of rotatable bonds is 9. The van der Waals surface area contributed by atoms with E-state index in [0.29, 0.717) is 34.9 Å². The smallest absolute Gasteiger partial charge is 0.296 e. The van der Waals surface area contributed by atoms with Crippen LogP contribution in [0.25, 0.3) is 0 Å². The van der Waals surface area contributed by atoms with Crippen molar-refractivity contribution in [3.63, 3.8) is 0 Å². The summed E-state index contributed by atoms with van der Waals surface area (Å²) in [6.45, 7) is 6.72. The van der Waals surface area contributed by atoms with Crippen molar-refractivity contribution in [1.82, 2.24) is 9.80 Å². The molecule has 4 aromatic rings. The maximum atomic E-state index is 12.7. The molecule has 2 aliphatic heterocycles. The van der Waals surface area contributed by atoms with Crippen molar-refractivity contribution in [3.05, 3.63) is 118 Å². The number of hydrogen-bond acceptors (Lipinski definition) is 11. The van der Waals surface area contributed by atoms with Crippen LogP contribution in [0.4, 0.5) is 22.7 Å². The Morgan fingerprint density at radius 1 is 0.580 bits per heavy atom. The average Bonchev–Trinajstić information content (AvgIpc) is 3.11. The molecule has 4 aromatic carbocycles. The highest BCUT2D eigenvalue weighted by Crippen LogP contribution is 2.35. The monoisotopic (exact) mass is 720 g/mol. The van der Waals surface area contributed by atoms with Crippen LogP contribution in [0.15, 0.2) is 107 Å². The lowest BCUT2D eigenvalue weighted by atomic mass is 10.1. The molecule has 0 aromatic heterocycles. The van der Waals surface area contributed by atoms with Crippen molar-refractivity contribution in [2.75, 3.05) is 82.0 Å². The van der Waals surface area contributed by atoms with Crippen molar-refractivity contribution >= 4 is 42.4 Å². The number of nitrogen functional groups attached to an aromatic ring is 1. The number of piperazine rings is 2. The summed E-state index contributed by atoms with van der Waals surface area (Å²) in [5, 5.41) is 11.7. The second-order valence-electron chi connectivity index (χ2n) is 12.6. The van der Waals surface area contributed by atoms with E-state index in [-0.39, 0.29) is 21.9 Å². The lowest BCUT2D eigenvalue weighted by Gasteiger charge is -2.35. The Morgan fingerprint density at radius 3 is 1.44 bits per heavy atom. The van der Waals surface area contributed by atoms with E-state index in [0.717, 1.165) is 45.0 Å². The summed E-state index contributed by atoms with van der Waals surface area (Å²) < 4.78 is 50.5. The minimum atomic E-state index is -3.66. The van der Waals surface area contributed by atoms with Gasteiger partial charge in [0, 0.05) is 57.9 Å². The van der Waals surface area contributed by atoms with Crippen molar-refractivity contribution in [2.45, 2.75) is 21.3 Å². The van der Waals surface area contributed by atoms with Crippen LogP contribution >= 0.6 is 0 Å². The van der Waals surface area contributed by atoms with E-state index in [2.05, 4.69) is 21.7 Å². The molecule has 14 heteroatoms. The maximum absolute atomic E-state index is 12.7. The Kier molecular flexibility index (Phi) is 11.8. The molecule has 0 saturated carbocycles. The van der Waals surface area contributed by atoms with Gasteiger partial charge in [0.25, 0.3) is 5.69 Å². The second-order valence-corrected chi connectivity index (χ2v) is 16.6. The van der Waals surface area contributed by atoms with Crippen molar-refractivity contribution in [3.8, 4) is 0 Å².